The molecule has 21 heavy (non-hydrogen) atoms. The number of imide groups is 1. The Hall–Kier alpha value is -2.35. The van der Waals surface area contributed by atoms with Crippen molar-refractivity contribution < 1.29 is 23.5 Å². The number of nitrogens with one attached hydrogen (secondary N) is 2. The van der Waals surface area contributed by atoms with Gasteiger partial charge in [-0.15, -0.1) is 0 Å². The predicted molar refractivity (Wildman–Crippen MR) is 73.2 cm³/mol. The molecule has 0 aliphatic rings. The lowest BCUT2D eigenvalue weighted by atomic mass is 10.4. The highest BCUT2D eigenvalue weighted by Crippen LogP contribution is 1.98. The molecular formula is C13H19N3O5. The van der Waals surface area contributed by atoms with Gasteiger partial charge in [0.2, 0.25) is 5.91 Å². The molecule has 116 valence electrons. The zero-order valence-corrected chi connectivity index (χ0v) is 12.0. The maximum Gasteiger partial charge on any atom is 0.321 e. The molecule has 0 saturated carbocycles. The summed E-state index contributed by atoms with van der Waals surface area (Å²) in [6.45, 7) is 2.06. The van der Waals surface area contributed by atoms with Crippen LogP contribution in [0.5, 0.6) is 0 Å². The van der Waals surface area contributed by atoms with Crippen molar-refractivity contribution >= 4 is 17.9 Å². The molecule has 0 fully saturated rings. The van der Waals surface area contributed by atoms with Crippen molar-refractivity contribution in [3.63, 3.8) is 0 Å². The zero-order valence-electron chi connectivity index (χ0n) is 12.0. The molecule has 0 atom stereocenters. The summed E-state index contributed by atoms with van der Waals surface area (Å²) >= 11 is 0. The van der Waals surface area contributed by atoms with E-state index in [1.54, 1.807) is 26.1 Å². The summed E-state index contributed by atoms with van der Waals surface area (Å²) in [5.41, 5.74) is 0. The monoisotopic (exact) mass is 297 g/mol. The van der Waals surface area contributed by atoms with Crippen LogP contribution >= 0.6 is 0 Å². The lowest BCUT2D eigenvalue weighted by Gasteiger charge is -2.14. The standard InChI is InChI=1S/C13H19N3O5/c1-3-20-12(18)9-16(2)8-11(17)15-13(19)14-7-10-5-4-6-21-10/h4-6H,3,7-9H2,1-2H3,(H2,14,15,17,19). The number of carbonyl (C=O) groups is 3. The number of hydrogen-bond acceptors (Lipinski definition) is 6. The van der Waals surface area contributed by atoms with E-state index >= 15 is 0 Å². The lowest BCUT2D eigenvalue weighted by molar-refractivity contribution is -0.144. The van der Waals surface area contributed by atoms with Crippen molar-refractivity contribution in [1.29, 1.82) is 0 Å². The first-order valence-corrected chi connectivity index (χ1v) is 6.45. The second-order valence-corrected chi connectivity index (χ2v) is 4.29. The van der Waals surface area contributed by atoms with Crippen LogP contribution in [0, 0.1) is 0 Å². The molecule has 1 heterocycles. The van der Waals surface area contributed by atoms with Crippen LogP contribution in [0.4, 0.5) is 4.79 Å². The van der Waals surface area contributed by atoms with E-state index in [9.17, 15) is 14.4 Å². The fourth-order valence-electron chi connectivity index (χ4n) is 1.52. The summed E-state index contributed by atoms with van der Waals surface area (Å²) < 4.78 is 9.79. The molecule has 8 heteroatoms. The van der Waals surface area contributed by atoms with Crippen LogP contribution in [-0.4, -0.2) is 49.6 Å². The van der Waals surface area contributed by atoms with Crippen LogP contribution < -0.4 is 10.6 Å². The minimum Gasteiger partial charge on any atom is -0.467 e. The molecule has 0 aliphatic heterocycles. The van der Waals surface area contributed by atoms with E-state index in [0.29, 0.717) is 5.76 Å². The molecule has 0 bridgehead atoms. The first kappa shape index (κ1) is 16.7. The fraction of sp³-hybridized carbons (Fsp3) is 0.462. The van der Waals surface area contributed by atoms with Crippen molar-refractivity contribution in [3.05, 3.63) is 24.2 Å². The molecule has 8 nitrogen and oxygen atoms in total. The topological polar surface area (TPSA) is 101 Å². The van der Waals surface area contributed by atoms with Crippen LogP contribution in [0.2, 0.25) is 0 Å². The van der Waals surface area contributed by atoms with E-state index in [4.69, 9.17) is 9.15 Å². The quantitative estimate of drug-likeness (QED) is 0.692. The summed E-state index contributed by atoms with van der Waals surface area (Å²) in [5, 5.41) is 4.63. The second kappa shape index (κ2) is 8.75. The summed E-state index contributed by atoms with van der Waals surface area (Å²) in [4.78, 5) is 35.7. The zero-order chi connectivity index (χ0) is 15.7. The van der Waals surface area contributed by atoms with E-state index in [1.807, 2.05) is 0 Å². The van der Waals surface area contributed by atoms with Crippen LogP contribution in [0.3, 0.4) is 0 Å². The Balaban J connectivity index is 2.22. The summed E-state index contributed by atoms with van der Waals surface area (Å²) in [5.74, 6) is -0.356. The molecule has 1 aromatic heterocycles. The maximum atomic E-state index is 11.6. The van der Waals surface area contributed by atoms with Crippen LogP contribution in [0.15, 0.2) is 22.8 Å². The molecular weight excluding hydrogens is 278 g/mol. The fourth-order valence-corrected chi connectivity index (χ4v) is 1.52. The van der Waals surface area contributed by atoms with Gasteiger partial charge in [-0.3, -0.25) is 19.8 Å². The number of amides is 3. The minimum absolute atomic E-state index is 0.0186. The number of hydrogen-bond donors (Lipinski definition) is 2. The van der Waals surface area contributed by atoms with Gasteiger partial charge in [0.05, 0.1) is 32.5 Å². The smallest absolute Gasteiger partial charge is 0.321 e. The van der Waals surface area contributed by atoms with Crippen LogP contribution in [0.25, 0.3) is 0 Å². The number of esters is 1. The summed E-state index contributed by atoms with van der Waals surface area (Å²) in [6, 6.07) is 2.78. The third kappa shape index (κ3) is 7.11. The molecule has 0 radical (unpaired) electrons. The third-order valence-corrected chi connectivity index (χ3v) is 2.37. The Morgan fingerprint density at radius 2 is 2.10 bits per heavy atom. The van der Waals surface area contributed by atoms with Crippen LogP contribution in [-0.2, 0) is 20.9 Å². The molecule has 3 amide bonds. The SMILES string of the molecule is CCOC(=O)CN(C)CC(=O)NC(=O)NCc1ccco1. The number of nitrogens with zero attached hydrogens (tertiary/aromatic N) is 1. The second-order valence-electron chi connectivity index (χ2n) is 4.29. The number of carbonyl (C=O) groups excluding carboxylic acids is 3. The van der Waals surface area contributed by atoms with Gasteiger partial charge < -0.3 is 14.5 Å². The van der Waals surface area contributed by atoms with Crippen molar-refractivity contribution in [1.82, 2.24) is 15.5 Å². The average molecular weight is 297 g/mol. The Morgan fingerprint density at radius 1 is 1.33 bits per heavy atom. The van der Waals surface area contributed by atoms with Gasteiger partial charge in [0.25, 0.3) is 0 Å². The molecule has 1 rings (SSSR count). The molecule has 0 unspecified atom stereocenters. The molecule has 0 spiro atoms. The highest BCUT2D eigenvalue weighted by atomic mass is 16.5. The van der Waals surface area contributed by atoms with Crippen molar-refractivity contribution in [2.45, 2.75) is 13.5 Å². The number of urea groups is 1. The Bertz CT molecular complexity index is 472. The molecule has 0 aliphatic carbocycles. The first-order chi connectivity index (χ1) is 10.0. The van der Waals surface area contributed by atoms with E-state index < -0.39 is 17.9 Å². The van der Waals surface area contributed by atoms with Crippen LogP contribution in [0.1, 0.15) is 12.7 Å². The van der Waals surface area contributed by atoms with Gasteiger partial charge in [-0.05, 0) is 26.1 Å². The Kier molecular flexibility index (Phi) is 6.96. The first-order valence-electron chi connectivity index (χ1n) is 6.45. The Labute approximate surface area is 122 Å². The lowest BCUT2D eigenvalue weighted by Crippen LogP contribution is -2.44. The Morgan fingerprint density at radius 3 is 2.71 bits per heavy atom. The minimum atomic E-state index is -0.624. The number of ether oxygens (including phenoxy) is 1. The molecule has 0 aromatic carbocycles. The number of likely N-dealkylation sites (N-methyl/N-ethyl adjacent to an activating group) is 1. The predicted octanol–water partition coefficient (Wildman–Crippen LogP) is 0.100. The van der Waals surface area contributed by atoms with Gasteiger partial charge in [0.15, 0.2) is 0 Å². The van der Waals surface area contributed by atoms with Gasteiger partial charge in [-0.25, -0.2) is 4.79 Å². The van der Waals surface area contributed by atoms with E-state index in [1.165, 1.54) is 11.2 Å². The van der Waals surface area contributed by atoms with Gasteiger partial charge in [-0.2, -0.15) is 0 Å². The van der Waals surface area contributed by atoms with Crippen molar-refractivity contribution in [2.75, 3.05) is 26.7 Å². The van der Waals surface area contributed by atoms with E-state index in [0.717, 1.165) is 0 Å². The molecule has 1 aromatic rings. The van der Waals surface area contributed by atoms with Gasteiger partial charge in [0, 0.05) is 0 Å². The van der Waals surface area contributed by atoms with Crippen molar-refractivity contribution in [2.24, 2.45) is 0 Å². The average Bonchev–Trinajstić information content (AvgIpc) is 2.89. The highest BCUT2D eigenvalue weighted by Gasteiger charge is 2.13. The van der Waals surface area contributed by atoms with E-state index in [-0.39, 0.29) is 26.2 Å². The van der Waals surface area contributed by atoms with Gasteiger partial charge in [-0.1, -0.05) is 0 Å². The largest absolute Gasteiger partial charge is 0.467 e. The normalized spacial score (nSPS) is 10.2. The van der Waals surface area contributed by atoms with Gasteiger partial charge in [0.1, 0.15) is 5.76 Å². The third-order valence-electron chi connectivity index (χ3n) is 2.37. The maximum absolute atomic E-state index is 11.6. The number of rotatable bonds is 7. The highest BCUT2D eigenvalue weighted by molar-refractivity contribution is 5.95. The van der Waals surface area contributed by atoms with Gasteiger partial charge >= 0.3 is 12.0 Å². The molecule has 2 N–H and O–H groups in total. The van der Waals surface area contributed by atoms with E-state index in [2.05, 4.69) is 10.6 Å². The molecule has 0 saturated heterocycles. The number of furan rings is 1. The summed E-state index contributed by atoms with van der Waals surface area (Å²) in [7, 11) is 1.58. The summed E-state index contributed by atoms with van der Waals surface area (Å²) in [6.07, 6.45) is 1.49. The van der Waals surface area contributed by atoms with Crippen molar-refractivity contribution in [3.8, 4) is 0 Å².